The number of aliphatic hydroxyl groups is 1. The van der Waals surface area contributed by atoms with Gasteiger partial charge in [-0.3, -0.25) is 4.79 Å². The highest BCUT2D eigenvalue weighted by molar-refractivity contribution is 5.87. The van der Waals surface area contributed by atoms with Gasteiger partial charge in [0.05, 0.1) is 25.2 Å². The molecule has 1 heterocycles. The molecule has 1 aliphatic heterocycles. The summed E-state index contributed by atoms with van der Waals surface area (Å²) in [6.07, 6.45) is 1.07. The molecule has 0 aromatic heterocycles. The van der Waals surface area contributed by atoms with Gasteiger partial charge in [0.1, 0.15) is 18.0 Å². The molecule has 26 heavy (non-hydrogen) atoms. The summed E-state index contributed by atoms with van der Waals surface area (Å²) in [4.78, 5) is 13.3. The molecule has 1 aliphatic carbocycles. The molecule has 0 bridgehead atoms. The van der Waals surface area contributed by atoms with Crippen LogP contribution in [0.15, 0.2) is 24.3 Å². The second-order valence-corrected chi connectivity index (χ2v) is 7.36. The van der Waals surface area contributed by atoms with E-state index in [1.165, 1.54) is 12.1 Å². The molecular formula is C20H28O6. The van der Waals surface area contributed by atoms with E-state index in [1.54, 1.807) is 12.1 Å². The number of ketones is 1. The molecule has 144 valence electrons. The third-order valence-corrected chi connectivity index (χ3v) is 5.11. The van der Waals surface area contributed by atoms with E-state index in [2.05, 4.69) is 0 Å². The Bertz CT molecular complexity index is 613. The van der Waals surface area contributed by atoms with Crippen LogP contribution < -0.4 is 0 Å². The van der Waals surface area contributed by atoms with Crippen molar-refractivity contribution in [1.29, 1.82) is 0 Å². The SMILES string of the molecule is CC(C)O[C@]12CCCC[C@@H]1C(=O)[C@@H]([C@@H](O)c1ccc(O)cc1)OCCO2. The van der Waals surface area contributed by atoms with Crippen LogP contribution in [0.2, 0.25) is 0 Å². The molecule has 2 fully saturated rings. The predicted octanol–water partition coefficient (Wildman–Crippen LogP) is 2.72. The van der Waals surface area contributed by atoms with Crippen LogP contribution >= 0.6 is 0 Å². The lowest BCUT2D eigenvalue weighted by Crippen LogP contribution is -2.55. The van der Waals surface area contributed by atoms with Crippen molar-refractivity contribution in [2.45, 2.75) is 63.6 Å². The number of Topliss-reactive ketones (excluding diaryl/α,β-unsaturated/α-hetero) is 1. The molecule has 1 saturated carbocycles. The maximum absolute atomic E-state index is 13.3. The predicted molar refractivity (Wildman–Crippen MR) is 94.7 cm³/mol. The van der Waals surface area contributed by atoms with E-state index in [4.69, 9.17) is 14.2 Å². The van der Waals surface area contributed by atoms with Crippen LogP contribution in [-0.2, 0) is 19.0 Å². The van der Waals surface area contributed by atoms with Gasteiger partial charge >= 0.3 is 0 Å². The number of rotatable bonds is 4. The van der Waals surface area contributed by atoms with Gasteiger partial charge in [0.2, 0.25) is 0 Å². The van der Waals surface area contributed by atoms with Crippen LogP contribution in [0.25, 0.3) is 0 Å². The molecule has 0 unspecified atom stereocenters. The van der Waals surface area contributed by atoms with E-state index in [9.17, 15) is 15.0 Å². The van der Waals surface area contributed by atoms with E-state index < -0.39 is 23.9 Å². The molecule has 2 N–H and O–H groups in total. The van der Waals surface area contributed by atoms with Crippen LogP contribution in [0.3, 0.4) is 0 Å². The number of aromatic hydroxyl groups is 1. The zero-order chi connectivity index (χ0) is 18.7. The summed E-state index contributed by atoms with van der Waals surface area (Å²) in [5.41, 5.74) is 0.536. The van der Waals surface area contributed by atoms with Gasteiger partial charge in [-0.2, -0.15) is 0 Å². The molecular weight excluding hydrogens is 336 g/mol. The number of carbonyl (C=O) groups is 1. The number of carbonyl (C=O) groups excluding carboxylic acids is 1. The maximum atomic E-state index is 13.3. The number of benzene rings is 1. The smallest absolute Gasteiger partial charge is 0.178 e. The monoisotopic (exact) mass is 364 g/mol. The first kappa shape index (κ1) is 19.3. The van der Waals surface area contributed by atoms with E-state index in [0.29, 0.717) is 25.0 Å². The number of hydrogen-bond acceptors (Lipinski definition) is 6. The Morgan fingerprint density at radius 2 is 1.92 bits per heavy atom. The summed E-state index contributed by atoms with van der Waals surface area (Å²) in [6.45, 7) is 4.40. The molecule has 6 heteroatoms. The largest absolute Gasteiger partial charge is 0.508 e. The zero-order valence-corrected chi connectivity index (χ0v) is 15.4. The second kappa shape index (κ2) is 8.05. The molecule has 3 rings (SSSR count). The van der Waals surface area contributed by atoms with E-state index in [0.717, 1.165) is 12.8 Å². The summed E-state index contributed by atoms with van der Waals surface area (Å²) < 4.78 is 17.8. The molecule has 0 amide bonds. The maximum Gasteiger partial charge on any atom is 0.178 e. The molecule has 1 aromatic rings. The molecule has 4 atom stereocenters. The van der Waals surface area contributed by atoms with Crippen LogP contribution in [0.5, 0.6) is 5.75 Å². The number of aliphatic hydroxyl groups excluding tert-OH is 1. The fourth-order valence-electron chi connectivity index (χ4n) is 3.98. The first-order valence-corrected chi connectivity index (χ1v) is 9.37. The molecule has 6 nitrogen and oxygen atoms in total. The summed E-state index contributed by atoms with van der Waals surface area (Å²) >= 11 is 0. The second-order valence-electron chi connectivity index (χ2n) is 7.36. The summed E-state index contributed by atoms with van der Waals surface area (Å²) in [6, 6.07) is 6.18. The first-order valence-electron chi connectivity index (χ1n) is 9.37. The number of phenols is 1. The Kier molecular flexibility index (Phi) is 5.97. The first-order chi connectivity index (χ1) is 12.4. The lowest BCUT2D eigenvalue weighted by molar-refractivity contribution is -0.300. The lowest BCUT2D eigenvalue weighted by atomic mass is 9.77. The summed E-state index contributed by atoms with van der Waals surface area (Å²) in [7, 11) is 0. The van der Waals surface area contributed by atoms with E-state index >= 15 is 0 Å². The molecule has 0 spiro atoms. The minimum absolute atomic E-state index is 0.0655. The van der Waals surface area contributed by atoms with Crippen LogP contribution in [0, 0.1) is 5.92 Å². The summed E-state index contributed by atoms with van der Waals surface area (Å²) in [5.74, 6) is -1.46. The van der Waals surface area contributed by atoms with Crippen LogP contribution in [0.1, 0.15) is 51.2 Å². The van der Waals surface area contributed by atoms with Crippen molar-refractivity contribution >= 4 is 5.78 Å². The van der Waals surface area contributed by atoms with Crippen LogP contribution in [-0.4, -0.2) is 47.2 Å². The van der Waals surface area contributed by atoms with Crippen molar-refractivity contribution in [3.05, 3.63) is 29.8 Å². The Labute approximate surface area is 154 Å². The molecule has 0 radical (unpaired) electrons. The average Bonchev–Trinajstić information content (AvgIpc) is 2.60. The van der Waals surface area contributed by atoms with Gasteiger partial charge in [-0.25, -0.2) is 0 Å². The zero-order valence-electron chi connectivity index (χ0n) is 15.4. The minimum atomic E-state index is -1.10. The van der Waals surface area contributed by atoms with Crippen molar-refractivity contribution in [2.75, 3.05) is 13.2 Å². The third-order valence-electron chi connectivity index (χ3n) is 5.11. The van der Waals surface area contributed by atoms with Gasteiger partial charge in [0.25, 0.3) is 0 Å². The van der Waals surface area contributed by atoms with Crippen molar-refractivity contribution in [2.24, 2.45) is 5.92 Å². The highest BCUT2D eigenvalue weighted by Crippen LogP contribution is 2.42. The van der Waals surface area contributed by atoms with E-state index in [-0.39, 0.29) is 24.2 Å². The van der Waals surface area contributed by atoms with Gasteiger partial charge < -0.3 is 24.4 Å². The van der Waals surface area contributed by atoms with Gasteiger partial charge in [-0.05, 0) is 44.4 Å². The highest BCUT2D eigenvalue weighted by atomic mass is 16.7. The fraction of sp³-hybridized carbons (Fsp3) is 0.650. The average molecular weight is 364 g/mol. The Morgan fingerprint density at radius 1 is 1.19 bits per heavy atom. The quantitative estimate of drug-likeness (QED) is 0.854. The Balaban J connectivity index is 1.88. The standard InChI is InChI=1S/C20H28O6/c1-13(2)26-20-10-4-3-5-16(20)18(23)19(24-11-12-25-20)17(22)14-6-8-15(21)9-7-14/h6-9,13,16-17,19,21-22H,3-5,10-12H2,1-2H3/t16-,17+,19-,20-/m1/s1. The Morgan fingerprint density at radius 3 is 2.62 bits per heavy atom. The third kappa shape index (κ3) is 3.93. The van der Waals surface area contributed by atoms with Crippen molar-refractivity contribution in [3.63, 3.8) is 0 Å². The molecule has 1 aromatic carbocycles. The number of ether oxygens (including phenoxy) is 3. The van der Waals surface area contributed by atoms with E-state index in [1.807, 2.05) is 13.8 Å². The fourth-order valence-corrected chi connectivity index (χ4v) is 3.98. The van der Waals surface area contributed by atoms with Gasteiger partial charge in [-0.1, -0.05) is 18.6 Å². The van der Waals surface area contributed by atoms with Crippen molar-refractivity contribution < 1.29 is 29.2 Å². The number of phenolic OH excluding ortho intramolecular Hbond substituents is 1. The topological polar surface area (TPSA) is 85.2 Å². The van der Waals surface area contributed by atoms with Crippen LogP contribution in [0.4, 0.5) is 0 Å². The highest BCUT2D eigenvalue weighted by Gasteiger charge is 2.51. The van der Waals surface area contributed by atoms with Gasteiger partial charge in [0, 0.05) is 6.42 Å². The number of hydrogen-bond donors (Lipinski definition) is 2. The molecule has 1 saturated heterocycles. The number of fused-ring (bicyclic) bond motifs is 1. The normalized spacial score (nSPS) is 31.2. The van der Waals surface area contributed by atoms with Crippen molar-refractivity contribution in [3.8, 4) is 5.75 Å². The van der Waals surface area contributed by atoms with Gasteiger partial charge in [-0.15, -0.1) is 0 Å². The lowest BCUT2D eigenvalue weighted by Gasteiger charge is -2.46. The molecule has 2 aliphatic rings. The summed E-state index contributed by atoms with van der Waals surface area (Å²) in [5, 5.41) is 20.2. The van der Waals surface area contributed by atoms with Gasteiger partial charge in [0.15, 0.2) is 11.6 Å². The minimum Gasteiger partial charge on any atom is -0.508 e. The van der Waals surface area contributed by atoms with Crippen molar-refractivity contribution in [1.82, 2.24) is 0 Å². The Hall–Kier alpha value is -1.47.